The topological polar surface area (TPSA) is 80.9 Å². The minimum Gasteiger partial charge on any atom is -0.312 e. The Hall–Kier alpha value is -2.22. The van der Waals surface area contributed by atoms with Crippen molar-refractivity contribution in [2.45, 2.75) is 31.8 Å². The van der Waals surface area contributed by atoms with Gasteiger partial charge in [0.05, 0.1) is 23.8 Å². The van der Waals surface area contributed by atoms with E-state index in [0.717, 1.165) is 30.8 Å². The fourth-order valence-electron chi connectivity index (χ4n) is 2.69. The van der Waals surface area contributed by atoms with Crippen LogP contribution in [-0.2, 0) is 11.8 Å². The Morgan fingerprint density at radius 2 is 2.23 bits per heavy atom. The largest absolute Gasteiger partial charge is 0.312 e. The van der Waals surface area contributed by atoms with Crippen LogP contribution in [0.4, 0.5) is 5.69 Å². The molecular weight excluding hydrogens is 282 g/mol. The first-order chi connectivity index (χ1) is 10.6. The molecule has 3 heterocycles. The highest BCUT2D eigenvalue weighted by molar-refractivity contribution is 5.96. The fourth-order valence-corrected chi connectivity index (χ4v) is 2.69. The fraction of sp³-hybridized carbons (Fsp3) is 0.571. The Labute approximate surface area is 129 Å². The average Bonchev–Trinajstić information content (AvgIpc) is 3.16. The molecule has 1 N–H and O–H groups in total. The summed E-state index contributed by atoms with van der Waals surface area (Å²) in [7, 11) is 3.72. The van der Waals surface area contributed by atoms with Crippen LogP contribution >= 0.6 is 0 Å². The number of carbonyl (C=O) groups is 1. The van der Waals surface area contributed by atoms with Crippen LogP contribution in [0.3, 0.4) is 0 Å². The molecule has 0 radical (unpaired) electrons. The Morgan fingerprint density at radius 3 is 2.91 bits per heavy atom. The minimum atomic E-state index is -0.292. The second kappa shape index (κ2) is 5.88. The van der Waals surface area contributed by atoms with Gasteiger partial charge in [0.25, 0.3) is 5.91 Å². The molecule has 0 spiro atoms. The summed E-state index contributed by atoms with van der Waals surface area (Å²) in [6.07, 6.45) is 7.15. The number of hydrogen-bond acceptors (Lipinski definition) is 5. The van der Waals surface area contributed by atoms with E-state index in [1.807, 2.05) is 33.4 Å². The van der Waals surface area contributed by atoms with Crippen molar-refractivity contribution in [2.75, 3.05) is 18.5 Å². The number of nitrogens with zero attached hydrogens (tertiary/aromatic N) is 6. The summed E-state index contributed by atoms with van der Waals surface area (Å²) >= 11 is 0. The van der Waals surface area contributed by atoms with Gasteiger partial charge in [-0.3, -0.25) is 9.48 Å². The molecule has 1 saturated heterocycles. The SMILES string of the molecule is CNC(C)c1cn(C2CCCN(c3cnn(C)c3)C2=O)nn1. The molecule has 2 aromatic heterocycles. The summed E-state index contributed by atoms with van der Waals surface area (Å²) in [6.45, 7) is 2.73. The number of rotatable bonds is 4. The van der Waals surface area contributed by atoms with Gasteiger partial charge >= 0.3 is 0 Å². The smallest absolute Gasteiger partial charge is 0.251 e. The average molecular weight is 303 g/mol. The van der Waals surface area contributed by atoms with E-state index in [2.05, 4.69) is 20.7 Å². The van der Waals surface area contributed by atoms with Crippen LogP contribution in [0, 0.1) is 0 Å². The maximum absolute atomic E-state index is 12.8. The van der Waals surface area contributed by atoms with Gasteiger partial charge in [0.1, 0.15) is 6.04 Å². The summed E-state index contributed by atoms with van der Waals surface area (Å²) in [5.41, 5.74) is 1.68. The van der Waals surface area contributed by atoms with Gasteiger partial charge in [0, 0.05) is 25.8 Å². The second-order valence-electron chi connectivity index (χ2n) is 5.65. The zero-order valence-electron chi connectivity index (χ0n) is 13.1. The van der Waals surface area contributed by atoms with Crippen LogP contribution in [0.1, 0.15) is 37.5 Å². The number of aromatic nitrogens is 5. The number of carbonyl (C=O) groups excluding carboxylic acids is 1. The van der Waals surface area contributed by atoms with Crippen molar-refractivity contribution in [3.8, 4) is 0 Å². The highest BCUT2D eigenvalue weighted by atomic mass is 16.2. The summed E-state index contributed by atoms with van der Waals surface area (Å²) in [5.74, 6) is 0.0489. The predicted octanol–water partition coefficient (Wildman–Crippen LogP) is 0.660. The zero-order valence-corrected chi connectivity index (χ0v) is 13.1. The van der Waals surface area contributed by atoms with Crippen molar-refractivity contribution in [3.63, 3.8) is 0 Å². The Bertz CT molecular complexity index is 662. The minimum absolute atomic E-state index is 0.0489. The van der Waals surface area contributed by atoms with Gasteiger partial charge in [-0.15, -0.1) is 5.10 Å². The van der Waals surface area contributed by atoms with Gasteiger partial charge in [0.2, 0.25) is 0 Å². The number of piperidine rings is 1. The van der Waals surface area contributed by atoms with E-state index in [0.29, 0.717) is 0 Å². The monoisotopic (exact) mass is 303 g/mol. The Morgan fingerprint density at radius 1 is 1.41 bits per heavy atom. The maximum atomic E-state index is 12.8. The van der Waals surface area contributed by atoms with E-state index in [1.54, 1.807) is 20.5 Å². The van der Waals surface area contributed by atoms with Crippen molar-refractivity contribution < 1.29 is 4.79 Å². The molecule has 2 aromatic rings. The summed E-state index contributed by atoms with van der Waals surface area (Å²) in [5, 5.41) is 15.6. The van der Waals surface area contributed by atoms with E-state index in [-0.39, 0.29) is 18.0 Å². The molecule has 8 heteroatoms. The number of amides is 1. The van der Waals surface area contributed by atoms with Gasteiger partial charge in [-0.2, -0.15) is 5.10 Å². The van der Waals surface area contributed by atoms with Crippen molar-refractivity contribution in [1.29, 1.82) is 0 Å². The first kappa shape index (κ1) is 14.7. The van der Waals surface area contributed by atoms with Crippen LogP contribution in [0.2, 0.25) is 0 Å². The Balaban J connectivity index is 1.82. The molecule has 8 nitrogen and oxygen atoms in total. The molecule has 3 rings (SSSR count). The number of hydrogen-bond donors (Lipinski definition) is 1. The molecule has 22 heavy (non-hydrogen) atoms. The van der Waals surface area contributed by atoms with E-state index in [4.69, 9.17) is 0 Å². The van der Waals surface area contributed by atoms with Crippen molar-refractivity contribution in [3.05, 3.63) is 24.3 Å². The van der Waals surface area contributed by atoms with Gasteiger partial charge in [-0.1, -0.05) is 5.21 Å². The van der Waals surface area contributed by atoms with Gasteiger partial charge in [-0.05, 0) is 26.8 Å². The lowest BCUT2D eigenvalue weighted by Gasteiger charge is -2.31. The standard InChI is InChI=1S/C14H21N7O/c1-10(15-2)12-9-21(18-17-12)13-5-4-6-20(14(13)22)11-7-16-19(3)8-11/h7-10,13,15H,4-6H2,1-3H3. The third-order valence-electron chi connectivity index (χ3n) is 4.14. The van der Waals surface area contributed by atoms with Gasteiger partial charge < -0.3 is 10.2 Å². The quantitative estimate of drug-likeness (QED) is 0.897. The molecule has 0 aromatic carbocycles. The number of anilines is 1. The Kier molecular flexibility index (Phi) is 3.93. The van der Waals surface area contributed by atoms with Crippen LogP contribution in [0.5, 0.6) is 0 Å². The van der Waals surface area contributed by atoms with E-state index < -0.39 is 0 Å². The number of nitrogens with one attached hydrogen (secondary N) is 1. The molecule has 1 aliphatic rings. The summed E-state index contributed by atoms with van der Waals surface area (Å²) in [4.78, 5) is 14.6. The molecule has 1 fully saturated rings. The highest BCUT2D eigenvalue weighted by Gasteiger charge is 2.32. The molecular formula is C14H21N7O. The van der Waals surface area contributed by atoms with E-state index in [9.17, 15) is 4.79 Å². The van der Waals surface area contributed by atoms with Crippen LogP contribution in [0.15, 0.2) is 18.6 Å². The van der Waals surface area contributed by atoms with Gasteiger partial charge in [-0.25, -0.2) is 4.68 Å². The molecule has 1 aliphatic heterocycles. The van der Waals surface area contributed by atoms with Crippen molar-refractivity contribution in [1.82, 2.24) is 30.1 Å². The molecule has 118 valence electrons. The maximum Gasteiger partial charge on any atom is 0.251 e. The summed E-state index contributed by atoms with van der Waals surface area (Å²) in [6, 6.07) is -0.180. The molecule has 2 atom stereocenters. The molecule has 0 bridgehead atoms. The van der Waals surface area contributed by atoms with E-state index in [1.165, 1.54) is 0 Å². The lowest BCUT2D eigenvalue weighted by atomic mass is 10.0. The van der Waals surface area contributed by atoms with Gasteiger partial charge in [0.15, 0.2) is 0 Å². The molecule has 2 unspecified atom stereocenters. The molecule has 0 aliphatic carbocycles. The third kappa shape index (κ3) is 2.61. The highest BCUT2D eigenvalue weighted by Crippen LogP contribution is 2.27. The van der Waals surface area contributed by atoms with Crippen molar-refractivity contribution >= 4 is 11.6 Å². The molecule has 1 amide bonds. The number of aryl methyl sites for hydroxylation is 1. The van der Waals surface area contributed by atoms with Crippen LogP contribution < -0.4 is 10.2 Å². The predicted molar refractivity (Wildman–Crippen MR) is 81.3 cm³/mol. The lowest BCUT2D eigenvalue weighted by molar-refractivity contribution is -0.123. The third-order valence-corrected chi connectivity index (χ3v) is 4.14. The molecule has 0 saturated carbocycles. The normalized spacial score (nSPS) is 20.4. The van der Waals surface area contributed by atoms with Crippen LogP contribution in [-0.4, -0.2) is 44.3 Å². The zero-order chi connectivity index (χ0) is 15.7. The first-order valence-corrected chi connectivity index (χ1v) is 7.49. The second-order valence-corrected chi connectivity index (χ2v) is 5.65. The van der Waals surface area contributed by atoms with Crippen LogP contribution in [0.25, 0.3) is 0 Å². The lowest BCUT2D eigenvalue weighted by Crippen LogP contribution is -2.42. The first-order valence-electron chi connectivity index (χ1n) is 7.49. The van der Waals surface area contributed by atoms with E-state index >= 15 is 0 Å². The van der Waals surface area contributed by atoms with Crippen molar-refractivity contribution in [2.24, 2.45) is 7.05 Å². The summed E-state index contributed by atoms with van der Waals surface area (Å²) < 4.78 is 3.39.